The van der Waals surface area contributed by atoms with Crippen molar-refractivity contribution in [3.63, 3.8) is 0 Å². The molecule has 0 spiro atoms. The monoisotopic (exact) mass is 334 g/mol. The molecule has 4 aliphatic carbocycles. The lowest BCUT2D eigenvalue weighted by Crippen LogP contribution is -2.25. The molecule has 2 atom stereocenters. The molecule has 2 aromatic rings. The van der Waals surface area contributed by atoms with Gasteiger partial charge in [0.05, 0.1) is 16.7 Å². The van der Waals surface area contributed by atoms with Crippen molar-refractivity contribution in [2.24, 2.45) is 0 Å². The van der Waals surface area contributed by atoms with E-state index in [2.05, 4.69) is 0 Å². The highest BCUT2D eigenvalue weighted by molar-refractivity contribution is 6.31. The SMILES string of the molecule is O=C1c2cccc(O)c2C(=O)c2c(O)c3c(c(O)c21)[C@H]1C=C[C@H]3CC1. The molecule has 0 aromatic heterocycles. The molecule has 0 radical (unpaired) electrons. The third-order valence-electron chi connectivity index (χ3n) is 5.60. The molecule has 0 saturated heterocycles. The Hall–Kier alpha value is -3.08. The summed E-state index contributed by atoms with van der Waals surface area (Å²) in [6.45, 7) is 0. The van der Waals surface area contributed by atoms with Gasteiger partial charge in [0.15, 0.2) is 5.78 Å². The van der Waals surface area contributed by atoms with E-state index in [4.69, 9.17) is 0 Å². The standard InChI is InChI=1S/C20H14O5/c21-11-3-1-2-10-14(11)20(25)16-15(17(10)22)18(23)12-8-4-6-9(7-5-8)13(12)19(16)24/h1-4,6,8-9,21,23-24H,5,7H2/t8-,9-/m0/s1. The van der Waals surface area contributed by atoms with Gasteiger partial charge in [0.25, 0.3) is 0 Å². The average molecular weight is 334 g/mol. The zero-order valence-corrected chi connectivity index (χ0v) is 13.1. The number of phenolic OH excluding ortho intramolecular Hbond substituents is 3. The van der Waals surface area contributed by atoms with Crippen molar-refractivity contribution in [3.05, 3.63) is 63.7 Å². The van der Waals surface area contributed by atoms with Crippen molar-refractivity contribution in [1.29, 1.82) is 0 Å². The van der Waals surface area contributed by atoms with Gasteiger partial charge in [-0.25, -0.2) is 0 Å². The quantitative estimate of drug-likeness (QED) is 0.434. The maximum absolute atomic E-state index is 12.9. The van der Waals surface area contributed by atoms with Gasteiger partial charge in [0.1, 0.15) is 17.2 Å². The second-order valence-corrected chi connectivity index (χ2v) is 6.81. The van der Waals surface area contributed by atoms with Gasteiger partial charge in [-0.3, -0.25) is 9.59 Å². The summed E-state index contributed by atoms with van der Waals surface area (Å²) >= 11 is 0. The van der Waals surface area contributed by atoms with Gasteiger partial charge in [-0.1, -0.05) is 24.3 Å². The van der Waals surface area contributed by atoms with Crippen LogP contribution < -0.4 is 0 Å². The largest absolute Gasteiger partial charge is 0.507 e. The zero-order valence-electron chi connectivity index (χ0n) is 13.1. The number of hydrogen-bond acceptors (Lipinski definition) is 5. The minimum atomic E-state index is -0.635. The summed E-state index contributed by atoms with van der Waals surface area (Å²) in [5.74, 6) is -2.09. The molecular formula is C20H14O5. The maximum Gasteiger partial charge on any atom is 0.202 e. The van der Waals surface area contributed by atoms with Crippen LogP contribution in [0.2, 0.25) is 0 Å². The Labute approximate surface area is 142 Å². The summed E-state index contributed by atoms with van der Waals surface area (Å²) in [6.07, 6.45) is 5.61. The van der Waals surface area contributed by atoms with Crippen LogP contribution in [-0.4, -0.2) is 26.9 Å². The maximum atomic E-state index is 12.9. The molecule has 0 saturated carbocycles. The molecule has 5 heteroatoms. The summed E-state index contributed by atoms with van der Waals surface area (Å²) in [6, 6.07) is 4.25. The number of carbonyl (C=O) groups is 2. The fraction of sp³-hybridized carbons (Fsp3) is 0.200. The van der Waals surface area contributed by atoms with Crippen LogP contribution >= 0.6 is 0 Å². The highest BCUT2D eigenvalue weighted by atomic mass is 16.3. The smallest absolute Gasteiger partial charge is 0.202 e. The first kappa shape index (κ1) is 14.3. The van der Waals surface area contributed by atoms with Crippen LogP contribution in [0.25, 0.3) is 0 Å². The van der Waals surface area contributed by atoms with E-state index in [0.717, 1.165) is 12.8 Å². The van der Waals surface area contributed by atoms with Gasteiger partial charge >= 0.3 is 0 Å². The van der Waals surface area contributed by atoms with Gasteiger partial charge in [0.2, 0.25) is 5.78 Å². The molecule has 6 rings (SSSR count). The molecule has 0 unspecified atom stereocenters. The minimum Gasteiger partial charge on any atom is -0.507 e. The van der Waals surface area contributed by atoms with Crippen molar-refractivity contribution in [2.75, 3.05) is 0 Å². The Kier molecular flexibility index (Phi) is 2.57. The molecule has 124 valence electrons. The van der Waals surface area contributed by atoms with Crippen LogP contribution in [0.15, 0.2) is 30.4 Å². The molecular weight excluding hydrogens is 320 g/mol. The van der Waals surface area contributed by atoms with Crippen molar-refractivity contribution < 1.29 is 24.9 Å². The van der Waals surface area contributed by atoms with Crippen LogP contribution in [0.1, 0.15) is 67.6 Å². The summed E-state index contributed by atoms with van der Waals surface area (Å²) in [7, 11) is 0. The van der Waals surface area contributed by atoms with E-state index in [-0.39, 0.29) is 51.3 Å². The van der Waals surface area contributed by atoms with Crippen LogP contribution in [-0.2, 0) is 0 Å². The van der Waals surface area contributed by atoms with Crippen LogP contribution in [0.4, 0.5) is 0 Å². The van der Waals surface area contributed by atoms with Crippen molar-refractivity contribution in [2.45, 2.75) is 24.7 Å². The fourth-order valence-electron chi connectivity index (χ4n) is 4.48. The second kappa shape index (κ2) is 4.51. The van der Waals surface area contributed by atoms with Crippen molar-refractivity contribution in [1.82, 2.24) is 0 Å². The average Bonchev–Trinajstić information content (AvgIpc) is 2.62. The Morgan fingerprint density at radius 1 is 0.760 bits per heavy atom. The molecule has 0 amide bonds. The first-order valence-electron chi connectivity index (χ1n) is 8.22. The topological polar surface area (TPSA) is 94.8 Å². The third kappa shape index (κ3) is 1.58. The summed E-state index contributed by atoms with van der Waals surface area (Å²) in [5.41, 5.74) is 0.668. The van der Waals surface area contributed by atoms with Gasteiger partial charge in [-0.15, -0.1) is 0 Å². The highest BCUT2D eigenvalue weighted by Crippen LogP contribution is 2.55. The van der Waals surface area contributed by atoms with E-state index in [1.165, 1.54) is 18.2 Å². The summed E-state index contributed by atoms with van der Waals surface area (Å²) in [4.78, 5) is 25.9. The number of ketones is 2. The first-order valence-corrected chi connectivity index (χ1v) is 8.22. The minimum absolute atomic E-state index is 0.0451. The van der Waals surface area contributed by atoms with E-state index in [1.807, 2.05) is 12.2 Å². The van der Waals surface area contributed by atoms with Crippen molar-refractivity contribution in [3.8, 4) is 17.2 Å². The predicted octanol–water partition coefficient (Wildman–Crippen LogP) is 3.11. The van der Waals surface area contributed by atoms with Gasteiger partial charge in [-0.05, 0) is 18.9 Å². The summed E-state index contributed by atoms with van der Waals surface area (Å²) < 4.78 is 0. The lowest BCUT2D eigenvalue weighted by molar-refractivity contribution is 0.0971. The van der Waals surface area contributed by atoms with Crippen LogP contribution in [0.5, 0.6) is 17.2 Å². The Morgan fingerprint density at radius 2 is 1.32 bits per heavy atom. The number of phenols is 3. The van der Waals surface area contributed by atoms with Gasteiger partial charge < -0.3 is 15.3 Å². The number of rotatable bonds is 0. The fourth-order valence-corrected chi connectivity index (χ4v) is 4.48. The number of fused-ring (bicyclic) bond motifs is 3. The van der Waals surface area contributed by atoms with E-state index in [0.29, 0.717) is 11.1 Å². The van der Waals surface area contributed by atoms with Crippen LogP contribution in [0, 0.1) is 0 Å². The number of allylic oxidation sites excluding steroid dienone is 2. The predicted molar refractivity (Wildman–Crippen MR) is 88.6 cm³/mol. The number of hydrogen-bond donors (Lipinski definition) is 3. The normalized spacial score (nSPS) is 22.6. The summed E-state index contributed by atoms with van der Waals surface area (Å²) in [5, 5.41) is 31.7. The lowest BCUT2D eigenvalue weighted by atomic mass is 9.68. The second-order valence-electron chi connectivity index (χ2n) is 6.81. The molecule has 25 heavy (non-hydrogen) atoms. The van der Waals surface area contributed by atoms with E-state index in [1.54, 1.807) is 0 Å². The Balaban J connectivity index is 1.89. The van der Waals surface area contributed by atoms with Gasteiger partial charge in [-0.2, -0.15) is 0 Å². The van der Waals surface area contributed by atoms with Gasteiger partial charge in [0, 0.05) is 28.5 Å². The Morgan fingerprint density at radius 3 is 1.88 bits per heavy atom. The molecule has 2 aromatic carbocycles. The molecule has 4 aliphatic rings. The third-order valence-corrected chi connectivity index (χ3v) is 5.60. The van der Waals surface area contributed by atoms with E-state index in [9.17, 15) is 24.9 Å². The van der Waals surface area contributed by atoms with E-state index >= 15 is 0 Å². The van der Waals surface area contributed by atoms with Crippen LogP contribution in [0.3, 0.4) is 0 Å². The molecule has 0 heterocycles. The Bertz CT molecular complexity index is 1030. The lowest BCUT2D eigenvalue weighted by Gasteiger charge is -2.36. The van der Waals surface area contributed by atoms with E-state index < -0.39 is 11.6 Å². The first-order chi connectivity index (χ1) is 12.0. The molecule has 3 N–H and O–H groups in total. The number of aromatic hydroxyl groups is 3. The highest BCUT2D eigenvalue weighted by Gasteiger charge is 2.43. The number of carbonyl (C=O) groups excluding carboxylic acids is 2. The molecule has 5 nitrogen and oxygen atoms in total. The number of benzene rings is 2. The zero-order chi connectivity index (χ0) is 17.5. The molecule has 0 aliphatic heterocycles. The molecule has 2 bridgehead atoms. The molecule has 0 fully saturated rings. The van der Waals surface area contributed by atoms with Crippen molar-refractivity contribution >= 4 is 11.6 Å².